The van der Waals surface area contributed by atoms with Crippen LogP contribution in [0.15, 0.2) is 0 Å². The number of hydrogen-bond acceptors (Lipinski definition) is 6. The molecule has 0 saturated carbocycles. The van der Waals surface area contributed by atoms with Crippen molar-refractivity contribution in [3.63, 3.8) is 0 Å². The SMILES string of the molecule is COC(=O)C(C)N(C(=O)OC(C)(C)C)C(=O)OC(C)(C)C. The predicted octanol–water partition coefficient (Wildman–Crippen LogP) is 2.72. The van der Waals surface area contributed by atoms with Crippen LogP contribution in [0.2, 0.25) is 0 Å². The number of esters is 1. The molecule has 0 radical (unpaired) electrons. The molecule has 0 aromatic carbocycles. The lowest BCUT2D eigenvalue weighted by atomic mass is 10.2. The van der Waals surface area contributed by atoms with E-state index in [1.165, 1.54) is 14.0 Å². The van der Waals surface area contributed by atoms with E-state index in [2.05, 4.69) is 4.74 Å². The Morgan fingerprint density at radius 1 is 0.857 bits per heavy atom. The average molecular weight is 303 g/mol. The van der Waals surface area contributed by atoms with Gasteiger partial charge in [-0.15, -0.1) is 0 Å². The Balaban J connectivity index is 5.33. The molecule has 0 rings (SSSR count). The van der Waals surface area contributed by atoms with Gasteiger partial charge in [0.1, 0.15) is 17.2 Å². The van der Waals surface area contributed by atoms with Crippen molar-refractivity contribution in [1.82, 2.24) is 4.90 Å². The van der Waals surface area contributed by atoms with E-state index in [9.17, 15) is 14.4 Å². The van der Waals surface area contributed by atoms with Crippen molar-refractivity contribution < 1.29 is 28.6 Å². The van der Waals surface area contributed by atoms with Gasteiger partial charge in [0.25, 0.3) is 0 Å². The number of carbonyl (C=O) groups excluding carboxylic acids is 3. The molecule has 1 atom stereocenters. The fourth-order valence-corrected chi connectivity index (χ4v) is 1.29. The van der Waals surface area contributed by atoms with E-state index in [-0.39, 0.29) is 0 Å². The van der Waals surface area contributed by atoms with Gasteiger partial charge in [0.15, 0.2) is 0 Å². The number of carbonyl (C=O) groups is 3. The maximum absolute atomic E-state index is 12.1. The lowest BCUT2D eigenvalue weighted by molar-refractivity contribution is -0.146. The van der Waals surface area contributed by atoms with Gasteiger partial charge in [-0.05, 0) is 48.5 Å². The van der Waals surface area contributed by atoms with Gasteiger partial charge in [-0.3, -0.25) is 0 Å². The monoisotopic (exact) mass is 303 g/mol. The van der Waals surface area contributed by atoms with Crippen LogP contribution >= 0.6 is 0 Å². The van der Waals surface area contributed by atoms with Crippen LogP contribution < -0.4 is 0 Å². The van der Waals surface area contributed by atoms with Crippen molar-refractivity contribution >= 4 is 18.2 Å². The number of nitrogens with zero attached hydrogens (tertiary/aromatic N) is 1. The standard InChI is InChI=1S/C14H25NO6/c1-9(10(16)19-8)15(11(17)20-13(2,3)4)12(18)21-14(5,6)7/h9H,1-8H3. The lowest BCUT2D eigenvalue weighted by Crippen LogP contribution is -2.51. The molecular weight excluding hydrogens is 278 g/mol. The van der Waals surface area contributed by atoms with Gasteiger partial charge in [-0.25, -0.2) is 14.4 Å². The number of rotatable bonds is 2. The highest BCUT2D eigenvalue weighted by atomic mass is 16.6. The third-order valence-corrected chi connectivity index (χ3v) is 2.11. The third kappa shape index (κ3) is 6.97. The number of hydrogen-bond donors (Lipinski definition) is 0. The van der Waals surface area contributed by atoms with Crippen LogP contribution in [0, 0.1) is 0 Å². The quantitative estimate of drug-likeness (QED) is 0.576. The van der Waals surface area contributed by atoms with Gasteiger partial charge < -0.3 is 14.2 Å². The molecule has 0 fully saturated rings. The van der Waals surface area contributed by atoms with Crippen LogP contribution in [0.1, 0.15) is 48.5 Å². The summed E-state index contributed by atoms with van der Waals surface area (Å²) in [6.07, 6.45) is -1.93. The Kier molecular flexibility index (Phi) is 6.20. The number of imide groups is 1. The maximum atomic E-state index is 12.1. The molecule has 0 N–H and O–H groups in total. The Labute approximate surface area is 125 Å². The minimum Gasteiger partial charge on any atom is -0.467 e. The van der Waals surface area contributed by atoms with Gasteiger partial charge in [0.05, 0.1) is 7.11 Å². The molecule has 21 heavy (non-hydrogen) atoms. The zero-order chi connectivity index (χ0) is 17.0. The summed E-state index contributed by atoms with van der Waals surface area (Å²) in [5, 5.41) is 0. The summed E-state index contributed by atoms with van der Waals surface area (Å²) in [5.41, 5.74) is -1.62. The van der Waals surface area contributed by atoms with Crippen molar-refractivity contribution in [2.24, 2.45) is 0 Å². The van der Waals surface area contributed by atoms with E-state index in [1.54, 1.807) is 41.5 Å². The van der Waals surface area contributed by atoms with Crippen LogP contribution in [0.25, 0.3) is 0 Å². The third-order valence-electron chi connectivity index (χ3n) is 2.11. The van der Waals surface area contributed by atoms with E-state index < -0.39 is 35.4 Å². The number of amides is 2. The van der Waals surface area contributed by atoms with Crippen LogP contribution in [0.4, 0.5) is 9.59 Å². The predicted molar refractivity (Wildman–Crippen MR) is 75.8 cm³/mol. The highest BCUT2D eigenvalue weighted by molar-refractivity contribution is 5.93. The van der Waals surface area contributed by atoms with Crippen molar-refractivity contribution in [3.05, 3.63) is 0 Å². The summed E-state index contributed by atoms with van der Waals surface area (Å²) in [4.78, 5) is 36.5. The van der Waals surface area contributed by atoms with Gasteiger partial charge in [-0.1, -0.05) is 0 Å². The minimum absolute atomic E-state index is 0.613. The molecule has 0 heterocycles. The van der Waals surface area contributed by atoms with E-state index >= 15 is 0 Å². The highest BCUT2D eigenvalue weighted by Crippen LogP contribution is 2.17. The Morgan fingerprint density at radius 2 is 1.19 bits per heavy atom. The molecule has 0 aliphatic heterocycles. The summed E-state index contributed by atoms with van der Waals surface area (Å²) in [6.45, 7) is 11.3. The summed E-state index contributed by atoms with van der Waals surface area (Å²) in [7, 11) is 1.17. The summed E-state index contributed by atoms with van der Waals surface area (Å²) < 4.78 is 14.8. The van der Waals surface area contributed by atoms with Gasteiger partial charge in [-0.2, -0.15) is 4.90 Å². The van der Waals surface area contributed by atoms with E-state index in [0.717, 1.165) is 0 Å². The summed E-state index contributed by atoms with van der Waals surface area (Å²) in [6, 6.07) is -1.15. The fraction of sp³-hybridized carbons (Fsp3) is 0.786. The van der Waals surface area contributed by atoms with Crippen molar-refractivity contribution in [2.45, 2.75) is 65.7 Å². The van der Waals surface area contributed by atoms with Crippen LogP contribution in [-0.2, 0) is 19.0 Å². The maximum Gasteiger partial charge on any atom is 0.420 e. The molecule has 0 aliphatic carbocycles. The second-order valence-electron chi connectivity index (χ2n) is 6.53. The molecule has 2 amide bonds. The van der Waals surface area contributed by atoms with E-state index in [4.69, 9.17) is 9.47 Å². The molecule has 1 unspecified atom stereocenters. The van der Waals surface area contributed by atoms with Crippen LogP contribution in [-0.4, -0.2) is 47.4 Å². The molecule has 7 heteroatoms. The first kappa shape index (κ1) is 19.2. The van der Waals surface area contributed by atoms with Gasteiger partial charge >= 0.3 is 18.2 Å². The Hall–Kier alpha value is -1.79. The van der Waals surface area contributed by atoms with Crippen molar-refractivity contribution in [2.75, 3.05) is 7.11 Å². The van der Waals surface area contributed by atoms with Crippen LogP contribution in [0.5, 0.6) is 0 Å². The minimum atomic E-state index is -1.15. The highest BCUT2D eigenvalue weighted by Gasteiger charge is 2.38. The normalized spacial score (nSPS) is 13.1. The van der Waals surface area contributed by atoms with Gasteiger partial charge in [0.2, 0.25) is 0 Å². The van der Waals surface area contributed by atoms with Crippen molar-refractivity contribution in [1.29, 1.82) is 0 Å². The fourth-order valence-electron chi connectivity index (χ4n) is 1.29. The summed E-state index contributed by atoms with van der Waals surface area (Å²) >= 11 is 0. The molecule has 0 spiro atoms. The molecule has 0 bridgehead atoms. The molecule has 122 valence electrons. The molecule has 0 saturated heterocycles. The Morgan fingerprint density at radius 3 is 1.43 bits per heavy atom. The molecule has 7 nitrogen and oxygen atoms in total. The topological polar surface area (TPSA) is 82.1 Å². The molecule has 0 aromatic rings. The van der Waals surface area contributed by atoms with Crippen LogP contribution in [0.3, 0.4) is 0 Å². The molecular formula is C14H25NO6. The molecule has 0 aliphatic rings. The lowest BCUT2D eigenvalue weighted by Gasteiger charge is -2.30. The summed E-state index contributed by atoms with van der Waals surface area (Å²) in [5.74, 6) is -0.744. The van der Waals surface area contributed by atoms with Crippen molar-refractivity contribution in [3.8, 4) is 0 Å². The van der Waals surface area contributed by atoms with Gasteiger partial charge in [0, 0.05) is 0 Å². The number of ether oxygens (including phenoxy) is 3. The largest absolute Gasteiger partial charge is 0.467 e. The second kappa shape index (κ2) is 6.78. The first-order valence-electron chi connectivity index (χ1n) is 6.61. The Bertz CT molecular complexity index is 377. The smallest absolute Gasteiger partial charge is 0.420 e. The van der Waals surface area contributed by atoms with E-state index in [1.807, 2.05) is 0 Å². The average Bonchev–Trinajstić information content (AvgIpc) is 2.22. The zero-order valence-corrected chi connectivity index (χ0v) is 14.0. The first-order chi connectivity index (χ1) is 9.28. The molecule has 0 aromatic heterocycles. The second-order valence-corrected chi connectivity index (χ2v) is 6.53. The number of methoxy groups -OCH3 is 1. The first-order valence-corrected chi connectivity index (χ1v) is 6.61. The zero-order valence-electron chi connectivity index (χ0n) is 14.0. The van der Waals surface area contributed by atoms with E-state index in [0.29, 0.717) is 4.90 Å².